The van der Waals surface area contributed by atoms with Crippen molar-refractivity contribution in [2.45, 2.75) is 6.42 Å². The number of ether oxygens (including phenoxy) is 1. The van der Waals surface area contributed by atoms with Crippen LogP contribution < -0.4 is 4.74 Å². The van der Waals surface area contributed by atoms with Gasteiger partial charge in [-0.3, -0.25) is 0 Å². The van der Waals surface area contributed by atoms with Crippen molar-refractivity contribution in [3.05, 3.63) is 42.5 Å². The first-order valence-electron chi connectivity index (χ1n) is 3.60. The van der Waals surface area contributed by atoms with Gasteiger partial charge in [-0.05, 0) is 24.1 Å². The minimum atomic E-state index is 0.512. The molecule has 0 amide bonds. The summed E-state index contributed by atoms with van der Waals surface area (Å²) in [6.07, 6.45) is 2.65. The Hall–Kier alpha value is -1.57. The molecule has 12 heavy (non-hydrogen) atoms. The van der Waals surface area contributed by atoms with Gasteiger partial charge in [-0.2, -0.15) is 0 Å². The van der Waals surface area contributed by atoms with E-state index >= 15 is 0 Å². The van der Waals surface area contributed by atoms with Crippen LogP contribution in [0.1, 0.15) is 5.56 Å². The van der Waals surface area contributed by atoms with E-state index in [4.69, 9.17) is 0 Å². The van der Waals surface area contributed by atoms with E-state index in [-0.39, 0.29) is 0 Å². The van der Waals surface area contributed by atoms with Crippen molar-refractivity contribution >= 4 is 6.47 Å². The average molecular weight is 161 g/mol. The Morgan fingerprint density at radius 2 is 2.08 bits per heavy atom. The van der Waals surface area contributed by atoms with E-state index in [2.05, 4.69) is 11.3 Å². The van der Waals surface area contributed by atoms with Crippen LogP contribution in [0.4, 0.5) is 0 Å². The van der Waals surface area contributed by atoms with Crippen molar-refractivity contribution in [1.82, 2.24) is 0 Å². The van der Waals surface area contributed by atoms with Gasteiger partial charge in [-0.15, -0.1) is 6.58 Å². The topological polar surface area (TPSA) is 26.3 Å². The molecular weight excluding hydrogens is 152 g/mol. The highest BCUT2D eigenvalue weighted by atomic mass is 16.5. The Balaban J connectivity index is 2.70. The third kappa shape index (κ3) is 2.23. The molecule has 1 aromatic carbocycles. The smallest absolute Gasteiger partial charge is 0.418 e. The molecular formula is C10H9O2. The molecule has 0 unspecified atom stereocenters. The molecule has 61 valence electrons. The lowest BCUT2D eigenvalue weighted by atomic mass is 10.1. The van der Waals surface area contributed by atoms with Gasteiger partial charge in [0.1, 0.15) is 5.75 Å². The molecule has 1 radical (unpaired) electrons. The van der Waals surface area contributed by atoms with E-state index in [0.29, 0.717) is 5.75 Å². The summed E-state index contributed by atoms with van der Waals surface area (Å²) in [5.74, 6) is 0.512. The molecule has 0 saturated heterocycles. The number of hydrogen-bond acceptors (Lipinski definition) is 2. The second kappa shape index (κ2) is 4.34. The maximum Gasteiger partial charge on any atom is 0.423 e. The van der Waals surface area contributed by atoms with Gasteiger partial charge in [0.05, 0.1) is 0 Å². The van der Waals surface area contributed by atoms with Crippen LogP contribution in [0.25, 0.3) is 0 Å². The number of hydrogen-bond donors (Lipinski definition) is 0. The molecule has 1 rings (SSSR count). The molecule has 0 fully saturated rings. The van der Waals surface area contributed by atoms with Gasteiger partial charge >= 0.3 is 6.47 Å². The Morgan fingerprint density at radius 3 is 2.58 bits per heavy atom. The molecule has 0 bridgehead atoms. The molecule has 0 aromatic heterocycles. The van der Waals surface area contributed by atoms with E-state index in [0.717, 1.165) is 12.0 Å². The summed E-state index contributed by atoms with van der Waals surface area (Å²) < 4.78 is 4.51. The molecule has 0 spiro atoms. The summed E-state index contributed by atoms with van der Waals surface area (Å²) >= 11 is 0. The molecule has 0 atom stereocenters. The van der Waals surface area contributed by atoms with Crippen molar-refractivity contribution in [3.8, 4) is 5.75 Å². The summed E-state index contributed by atoms with van der Waals surface area (Å²) in [7, 11) is 0. The third-order valence-corrected chi connectivity index (χ3v) is 1.46. The largest absolute Gasteiger partial charge is 0.423 e. The highest BCUT2D eigenvalue weighted by Crippen LogP contribution is 2.11. The van der Waals surface area contributed by atoms with Crippen molar-refractivity contribution in [3.63, 3.8) is 0 Å². The minimum Gasteiger partial charge on any atom is -0.418 e. The number of rotatable bonds is 4. The van der Waals surface area contributed by atoms with Crippen LogP contribution in [0.2, 0.25) is 0 Å². The van der Waals surface area contributed by atoms with Crippen molar-refractivity contribution in [2.75, 3.05) is 0 Å². The van der Waals surface area contributed by atoms with Crippen LogP contribution in [-0.4, -0.2) is 6.47 Å². The molecule has 1 aromatic rings. The Labute approximate surface area is 71.5 Å². The number of allylic oxidation sites excluding steroid dienone is 1. The van der Waals surface area contributed by atoms with Crippen LogP contribution in [0.3, 0.4) is 0 Å². The summed E-state index contributed by atoms with van der Waals surface area (Å²) in [6.45, 7) is 4.99. The predicted molar refractivity (Wildman–Crippen MR) is 46.7 cm³/mol. The quantitative estimate of drug-likeness (QED) is 0.630. The first-order chi connectivity index (χ1) is 5.86. The number of carbonyl (C=O) groups excluding carboxylic acids is 1. The Bertz CT molecular complexity index is 233. The van der Waals surface area contributed by atoms with Crippen LogP contribution in [0.5, 0.6) is 5.75 Å². The highest BCUT2D eigenvalue weighted by Gasteiger charge is 1.92. The summed E-state index contributed by atoms with van der Waals surface area (Å²) in [5.41, 5.74) is 1.14. The third-order valence-electron chi connectivity index (χ3n) is 1.46. The molecule has 2 heteroatoms. The van der Waals surface area contributed by atoms with Crippen molar-refractivity contribution in [1.29, 1.82) is 0 Å². The normalized spacial score (nSPS) is 9.00. The first kappa shape index (κ1) is 8.53. The number of benzene rings is 1. The molecule has 0 aliphatic carbocycles. The SMILES string of the molecule is C=CCc1ccc(O[C]=O)cc1. The van der Waals surface area contributed by atoms with E-state index in [1.807, 2.05) is 18.2 Å². The first-order valence-corrected chi connectivity index (χ1v) is 3.60. The second-order valence-electron chi connectivity index (χ2n) is 2.32. The van der Waals surface area contributed by atoms with Gasteiger partial charge < -0.3 is 4.74 Å². The van der Waals surface area contributed by atoms with Crippen LogP contribution in [-0.2, 0) is 11.2 Å². The van der Waals surface area contributed by atoms with Gasteiger partial charge in [0, 0.05) is 0 Å². The van der Waals surface area contributed by atoms with E-state index in [1.54, 1.807) is 12.1 Å². The van der Waals surface area contributed by atoms with Gasteiger partial charge in [0.25, 0.3) is 0 Å². The highest BCUT2D eigenvalue weighted by molar-refractivity contribution is 5.46. The zero-order valence-electron chi connectivity index (χ0n) is 6.62. The van der Waals surface area contributed by atoms with Crippen LogP contribution in [0.15, 0.2) is 36.9 Å². The molecule has 0 aliphatic rings. The maximum atomic E-state index is 9.82. The van der Waals surface area contributed by atoms with Gasteiger partial charge in [0.2, 0.25) is 0 Å². The fourth-order valence-electron chi connectivity index (χ4n) is 0.908. The average Bonchev–Trinajstić information content (AvgIpc) is 2.09. The maximum absolute atomic E-state index is 9.82. The molecule has 0 heterocycles. The van der Waals surface area contributed by atoms with Gasteiger partial charge in [-0.25, -0.2) is 4.79 Å². The van der Waals surface area contributed by atoms with Crippen molar-refractivity contribution in [2.24, 2.45) is 0 Å². The molecule has 0 saturated carbocycles. The van der Waals surface area contributed by atoms with Crippen LogP contribution >= 0.6 is 0 Å². The van der Waals surface area contributed by atoms with Crippen LogP contribution in [0, 0.1) is 0 Å². The molecule has 0 N–H and O–H groups in total. The lowest BCUT2D eigenvalue weighted by molar-refractivity contribution is 0.442. The van der Waals surface area contributed by atoms with E-state index in [1.165, 1.54) is 6.47 Å². The fraction of sp³-hybridized carbons (Fsp3) is 0.100. The van der Waals surface area contributed by atoms with E-state index in [9.17, 15) is 4.79 Å². The zero-order chi connectivity index (χ0) is 8.81. The van der Waals surface area contributed by atoms with Gasteiger partial charge in [-0.1, -0.05) is 18.2 Å². The lowest BCUT2D eigenvalue weighted by Crippen LogP contribution is -1.88. The summed E-state index contributed by atoms with van der Waals surface area (Å²) in [4.78, 5) is 9.82. The molecule has 0 aliphatic heterocycles. The standard InChI is InChI=1S/C10H9O2/c1-2-3-9-4-6-10(7-5-9)12-8-11/h2,4-7H,1,3H2. The van der Waals surface area contributed by atoms with Gasteiger partial charge in [0.15, 0.2) is 0 Å². The van der Waals surface area contributed by atoms with Crippen molar-refractivity contribution < 1.29 is 9.53 Å². The molecule has 2 nitrogen and oxygen atoms in total. The summed E-state index contributed by atoms with van der Waals surface area (Å²) in [6, 6.07) is 7.22. The Morgan fingerprint density at radius 1 is 1.42 bits per heavy atom. The monoisotopic (exact) mass is 161 g/mol. The minimum absolute atomic E-state index is 0.512. The Kier molecular flexibility index (Phi) is 3.08. The fourth-order valence-corrected chi connectivity index (χ4v) is 0.908. The van der Waals surface area contributed by atoms with E-state index < -0.39 is 0 Å². The second-order valence-corrected chi connectivity index (χ2v) is 2.32. The lowest BCUT2D eigenvalue weighted by Gasteiger charge is -1.97. The predicted octanol–water partition coefficient (Wildman–Crippen LogP) is 1.86. The zero-order valence-corrected chi connectivity index (χ0v) is 6.62. The summed E-state index contributed by atoms with van der Waals surface area (Å²) in [5, 5.41) is 0.